The highest BCUT2D eigenvalue weighted by molar-refractivity contribution is 7.10. The number of nitrogens with zero attached hydrogens (tertiary/aromatic N) is 1. The molecule has 3 aromatic rings. The number of furan rings is 1. The third-order valence-electron chi connectivity index (χ3n) is 4.85. The first-order valence-electron chi connectivity index (χ1n) is 8.97. The highest BCUT2D eigenvalue weighted by Gasteiger charge is 2.23. The lowest BCUT2D eigenvalue weighted by atomic mass is 9.92. The number of carbonyl (C=O) groups is 1. The molecule has 0 aliphatic rings. The summed E-state index contributed by atoms with van der Waals surface area (Å²) in [6, 6.07) is 16.7. The summed E-state index contributed by atoms with van der Waals surface area (Å²) in [5.41, 5.74) is 2.46. The van der Waals surface area contributed by atoms with Gasteiger partial charge < -0.3 is 9.32 Å². The first-order chi connectivity index (χ1) is 12.6. The van der Waals surface area contributed by atoms with Crippen molar-refractivity contribution in [3.05, 3.63) is 81.9 Å². The van der Waals surface area contributed by atoms with Gasteiger partial charge in [0.25, 0.3) is 0 Å². The first-order valence-corrected chi connectivity index (χ1v) is 9.85. The van der Waals surface area contributed by atoms with E-state index in [1.165, 1.54) is 16.0 Å². The third-order valence-corrected chi connectivity index (χ3v) is 5.89. The lowest BCUT2D eigenvalue weighted by Crippen LogP contribution is -2.33. The third kappa shape index (κ3) is 4.25. The molecule has 2 heterocycles. The van der Waals surface area contributed by atoms with Crippen LogP contribution in [0.1, 0.15) is 54.0 Å². The van der Waals surface area contributed by atoms with E-state index in [9.17, 15) is 4.79 Å². The van der Waals surface area contributed by atoms with Crippen molar-refractivity contribution in [2.24, 2.45) is 0 Å². The zero-order chi connectivity index (χ0) is 18.5. The molecular weight excluding hydrogens is 342 g/mol. The van der Waals surface area contributed by atoms with Crippen molar-refractivity contribution in [2.75, 3.05) is 6.54 Å². The van der Waals surface area contributed by atoms with Crippen LogP contribution in [0.3, 0.4) is 0 Å². The van der Waals surface area contributed by atoms with Crippen molar-refractivity contribution < 1.29 is 9.21 Å². The molecule has 0 aliphatic carbocycles. The van der Waals surface area contributed by atoms with Gasteiger partial charge in [-0.05, 0) is 49.4 Å². The Balaban J connectivity index is 1.79. The van der Waals surface area contributed by atoms with Gasteiger partial charge in [-0.1, -0.05) is 35.9 Å². The predicted octanol–water partition coefficient (Wildman–Crippen LogP) is 5.78. The fourth-order valence-corrected chi connectivity index (χ4v) is 4.13. The maximum absolute atomic E-state index is 12.3. The highest BCUT2D eigenvalue weighted by atomic mass is 32.1. The summed E-state index contributed by atoms with van der Waals surface area (Å²) < 4.78 is 5.70. The quantitative estimate of drug-likeness (QED) is 0.530. The number of hydrogen-bond donors (Lipinski definition) is 0. The summed E-state index contributed by atoms with van der Waals surface area (Å²) in [5.74, 6) is 1.19. The van der Waals surface area contributed by atoms with Crippen molar-refractivity contribution in [3.8, 4) is 0 Å². The Bertz CT molecular complexity index is 806. The fourth-order valence-electron chi connectivity index (χ4n) is 3.34. The van der Waals surface area contributed by atoms with E-state index in [0.29, 0.717) is 6.54 Å². The van der Waals surface area contributed by atoms with E-state index in [4.69, 9.17) is 4.42 Å². The van der Waals surface area contributed by atoms with Gasteiger partial charge in [0.2, 0.25) is 5.91 Å². The van der Waals surface area contributed by atoms with Crippen LogP contribution in [0, 0.1) is 6.92 Å². The Labute approximate surface area is 159 Å². The molecule has 0 radical (unpaired) electrons. The van der Waals surface area contributed by atoms with Crippen LogP contribution in [0.4, 0.5) is 0 Å². The van der Waals surface area contributed by atoms with E-state index in [-0.39, 0.29) is 17.9 Å². The van der Waals surface area contributed by atoms with E-state index in [0.717, 1.165) is 12.2 Å². The van der Waals surface area contributed by atoms with Crippen LogP contribution in [-0.4, -0.2) is 17.4 Å². The Kier molecular flexibility index (Phi) is 5.94. The van der Waals surface area contributed by atoms with Gasteiger partial charge in [0.15, 0.2) is 0 Å². The highest BCUT2D eigenvalue weighted by Crippen LogP contribution is 2.31. The van der Waals surface area contributed by atoms with E-state index in [2.05, 4.69) is 49.6 Å². The van der Waals surface area contributed by atoms with Gasteiger partial charge in [-0.3, -0.25) is 4.79 Å². The number of aryl methyl sites for hydroxylation is 1. The van der Waals surface area contributed by atoms with Crippen molar-refractivity contribution in [3.63, 3.8) is 0 Å². The minimum absolute atomic E-state index is 0.0859. The predicted molar refractivity (Wildman–Crippen MR) is 106 cm³/mol. The number of benzene rings is 1. The summed E-state index contributed by atoms with van der Waals surface area (Å²) in [5, 5.41) is 2.06. The first kappa shape index (κ1) is 18.5. The molecule has 0 saturated carbocycles. The molecule has 0 N–H and O–H groups in total. The molecule has 0 fully saturated rings. The summed E-state index contributed by atoms with van der Waals surface area (Å²) >= 11 is 1.69. The zero-order valence-corrected chi connectivity index (χ0v) is 16.3. The Morgan fingerprint density at radius 1 is 1.15 bits per heavy atom. The number of thiophene rings is 1. The van der Waals surface area contributed by atoms with Crippen LogP contribution in [0.25, 0.3) is 0 Å². The van der Waals surface area contributed by atoms with Crippen LogP contribution in [-0.2, 0) is 4.79 Å². The lowest BCUT2D eigenvalue weighted by Gasteiger charge is -2.29. The SMILES string of the molecule is CC(=O)N(CC[C@@H](c1ccc(C)cc1)c1ccco1)[C@@H](C)c1cccs1. The Morgan fingerprint density at radius 2 is 1.92 bits per heavy atom. The molecule has 0 aliphatic heterocycles. The summed E-state index contributed by atoms with van der Waals surface area (Å²) in [7, 11) is 0. The molecule has 1 aromatic carbocycles. The largest absolute Gasteiger partial charge is 0.469 e. The van der Waals surface area contributed by atoms with Crippen molar-refractivity contribution in [1.82, 2.24) is 4.90 Å². The van der Waals surface area contributed by atoms with E-state index >= 15 is 0 Å². The van der Waals surface area contributed by atoms with Gasteiger partial charge in [-0.2, -0.15) is 0 Å². The second-order valence-electron chi connectivity index (χ2n) is 6.67. The molecule has 0 unspecified atom stereocenters. The van der Waals surface area contributed by atoms with Gasteiger partial charge >= 0.3 is 0 Å². The van der Waals surface area contributed by atoms with Crippen LogP contribution >= 0.6 is 11.3 Å². The van der Waals surface area contributed by atoms with E-state index in [1.54, 1.807) is 24.5 Å². The Morgan fingerprint density at radius 3 is 2.50 bits per heavy atom. The molecule has 2 aromatic heterocycles. The second-order valence-corrected chi connectivity index (χ2v) is 7.65. The maximum Gasteiger partial charge on any atom is 0.219 e. The van der Waals surface area contributed by atoms with E-state index in [1.807, 2.05) is 23.1 Å². The van der Waals surface area contributed by atoms with Gasteiger partial charge in [-0.25, -0.2) is 0 Å². The number of carbonyl (C=O) groups excluding carboxylic acids is 1. The molecule has 0 spiro atoms. The van der Waals surface area contributed by atoms with Gasteiger partial charge in [0, 0.05) is 24.3 Å². The van der Waals surface area contributed by atoms with Crippen LogP contribution in [0.2, 0.25) is 0 Å². The molecule has 2 atom stereocenters. The van der Waals surface area contributed by atoms with Crippen molar-refractivity contribution >= 4 is 17.2 Å². The minimum Gasteiger partial charge on any atom is -0.469 e. The van der Waals surface area contributed by atoms with E-state index < -0.39 is 0 Å². The maximum atomic E-state index is 12.3. The number of hydrogen-bond acceptors (Lipinski definition) is 3. The summed E-state index contributed by atoms with van der Waals surface area (Å²) in [4.78, 5) is 15.4. The minimum atomic E-state index is 0.0859. The smallest absolute Gasteiger partial charge is 0.219 e. The van der Waals surface area contributed by atoms with Crippen molar-refractivity contribution in [2.45, 2.75) is 39.2 Å². The monoisotopic (exact) mass is 367 g/mol. The average Bonchev–Trinajstić information content (AvgIpc) is 3.32. The average molecular weight is 368 g/mol. The zero-order valence-electron chi connectivity index (χ0n) is 15.5. The number of amides is 1. The molecule has 4 heteroatoms. The molecular formula is C22H25NO2S. The van der Waals surface area contributed by atoms with Crippen LogP contribution in [0.5, 0.6) is 0 Å². The molecule has 136 valence electrons. The standard InChI is InChI=1S/C22H25NO2S/c1-16-8-10-19(11-9-16)20(21-6-4-14-25-21)12-13-23(18(3)24)17(2)22-7-5-15-26-22/h4-11,14-15,17,20H,12-13H2,1-3H3/t17-,20-/m0/s1. The number of rotatable bonds is 7. The topological polar surface area (TPSA) is 33.5 Å². The molecule has 1 amide bonds. The normalized spacial score (nSPS) is 13.3. The van der Waals surface area contributed by atoms with Gasteiger partial charge in [-0.15, -0.1) is 11.3 Å². The summed E-state index contributed by atoms with van der Waals surface area (Å²) in [6.07, 6.45) is 2.54. The lowest BCUT2D eigenvalue weighted by molar-refractivity contribution is -0.131. The van der Waals surface area contributed by atoms with Crippen molar-refractivity contribution in [1.29, 1.82) is 0 Å². The van der Waals surface area contributed by atoms with Gasteiger partial charge in [0.1, 0.15) is 5.76 Å². The fraction of sp³-hybridized carbons (Fsp3) is 0.318. The molecule has 0 bridgehead atoms. The Hall–Kier alpha value is -2.33. The van der Waals surface area contributed by atoms with Gasteiger partial charge in [0.05, 0.1) is 12.3 Å². The van der Waals surface area contributed by atoms with Crippen LogP contribution in [0.15, 0.2) is 64.6 Å². The molecule has 3 rings (SSSR count). The van der Waals surface area contributed by atoms with Crippen LogP contribution < -0.4 is 0 Å². The molecule has 26 heavy (non-hydrogen) atoms. The second kappa shape index (κ2) is 8.37. The summed E-state index contributed by atoms with van der Waals surface area (Å²) in [6.45, 7) is 6.53. The molecule has 0 saturated heterocycles. The molecule has 3 nitrogen and oxygen atoms in total.